The number of hydrogen-bond acceptors (Lipinski definition) is 5. The van der Waals surface area contributed by atoms with Gasteiger partial charge in [0.2, 0.25) is 5.89 Å². The molecule has 4 nitrogen and oxygen atoms in total. The van der Waals surface area contributed by atoms with E-state index >= 15 is 0 Å². The highest BCUT2D eigenvalue weighted by atomic mass is 32.2. The van der Waals surface area contributed by atoms with Gasteiger partial charge in [0.1, 0.15) is 0 Å². The van der Waals surface area contributed by atoms with Gasteiger partial charge in [0, 0.05) is 10.4 Å². The largest absolute Gasteiger partial charge is 0.399 e. The molecule has 0 amide bonds. The molecule has 0 fully saturated rings. The summed E-state index contributed by atoms with van der Waals surface area (Å²) in [5.74, 6) is 2.15. The van der Waals surface area contributed by atoms with Crippen molar-refractivity contribution in [2.75, 3.05) is 5.73 Å². The van der Waals surface area contributed by atoms with Crippen LogP contribution in [0.1, 0.15) is 38.0 Å². The Hall–Kier alpha value is -1.49. The Kier molecular flexibility index (Phi) is 4.14. The van der Waals surface area contributed by atoms with Gasteiger partial charge in [0.15, 0.2) is 5.82 Å². The molecule has 0 unspecified atom stereocenters. The number of rotatable bonds is 4. The fourth-order valence-electron chi connectivity index (χ4n) is 1.58. The van der Waals surface area contributed by atoms with E-state index in [0.29, 0.717) is 12.3 Å². The van der Waals surface area contributed by atoms with Gasteiger partial charge in [-0.1, -0.05) is 38.1 Å². The van der Waals surface area contributed by atoms with Crippen LogP contribution in [0.15, 0.2) is 28.8 Å². The molecule has 0 aliphatic rings. The van der Waals surface area contributed by atoms with Gasteiger partial charge in [-0.15, -0.1) is 11.8 Å². The first-order valence-electron chi connectivity index (χ1n) is 6.22. The minimum absolute atomic E-state index is 0.203. The predicted molar refractivity (Wildman–Crippen MR) is 79.0 cm³/mol. The Morgan fingerprint density at radius 3 is 2.79 bits per heavy atom. The third-order valence-electron chi connectivity index (χ3n) is 2.45. The number of thioether (sulfide) groups is 1. The number of aromatic nitrogens is 2. The minimum Gasteiger partial charge on any atom is -0.399 e. The Morgan fingerprint density at radius 2 is 2.11 bits per heavy atom. The normalized spacial score (nSPS) is 11.7. The second-order valence-corrected chi connectivity index (χ2v) is 7.23. The molecule has 0 aliphatic carbocycles. The third kappa shape index (κ3) is 4.59. The van der Waals surface area contributed by atoms with Gasteiger partial charge in [-0.2, -0.15) is 4.98 Å². The van der Waals surface area contributed by atoms with Crippen LogP contribution >= 0.6 is 11.8 Å². The first kappa shape index (κ1) is 13.9. The van der Waals surface area contributed by atoms with Crippen LogP contribution in [-0.2, 0) is 12.2 Å². The lowest BCUT2D eigenvalue weighted by Gasteiger charge is -2.15. The Morgan fingerprint density at radius 1 is 1.32 bits per heavy atom. The summed E-state index contributed by atoms with van der Waals surface area (Å²) in [6.45, 7) is 6.52. The van der Waals surface area contributed by atoms with E-state index in [-0.39, 0.29) is 4.75 Å². The Bertz CT molecular complexity index is 546. The molecule has 1 heterocycles. The number of hydrogen-bond donors (Lipinski definition) is 1. The van der Waals surface area contributed by atoms with Gasteiger partial charge in [-0.25, -0.2) is 0 Å². The SMILES string of the molecule is CC(C)(C)SCc1noc(Cc2cccc(N)c2)n1. The molecule has 0 spiro atoms. The molecular formula is C14H19N3OS. The van der Waals surface area contributed by atoms with Crippen molar-refractivity contribution in [2.24, 2.45) is 0 Å². The van der Waals surface area contributed by atoms with E-state index in [4.69, 9.17) is 10.3 Å². The molecule has 19 heavy (non-hydrogen) atoms. The third-order valence-corrected chi connectivity index (χ3v) is 3.72. The Labute approximate surface area is 117 Å². The number of nitrogen functional groups attached to an aromatic ring is 1. The minimum atomic E-state index is 0.203. The van der Waals surface area contributed by atoms with Crippen molar-refractivity contribution < 1.29 is 4.52 Å². The van der Waals surface area contributed by atoms with Crippen LogP contribution in [0.4, 0.5) is 5.69 Å². The zero-order valence-electron chi connectivity index (χ0n) is 11.5. The summed E-state index contributed by atoms with van der Waals surface area (Å²) in [6.07, 6.45) is 0.623. The quantitative estimate of drug-likeness (QED) is 0.869. The molecule has 2 aromatic rings. The van der Waals surface area contributed by atoms with Crippen LogP contribution in [0.3, 0.4) is 0 Å². The summed E-state index contributed by atoms with van der Waals surface area (Å²) in [7, 11) is 0. The van der Waals surface area contributed by atoms with Crippen molar-refractivity contribution >= 4 is 17.4 Å². The van der Waals surface area contributed by atoms with E-state index in [0.717, 1.165) is 22.8 Å². The van der Waals surface area contributed by atoms with Gasteiger partial charge < -0.3 is 10.3 Å². The van der Waals surface area contributed by atoms with Gasteiger partial charge in [0.05, 0.1) is 12.2 Å². The summed E-state index contributed by atoms with van der Waals surface area (Å²) in [5.41, 5.74) is 7.58. The van der Waals surface area contributed by atoms with E-state index < -0.39 is 0 Å². The van der Waals surface area contributed by atoms with E-state index in [1.165, 1.54) is 0 Å². The predicted octanol–water partition coefficient (Wildman–Crippen LogP) is 3.27. The van der Waals surface area contributed by atoms with E-state index in [2.05, 4.69) is 30.9 Å². The molecule has 5 heteroatoms. The molecule has 0 radical (unpaired) electrons. The molecule has 1 aromatic carbocycles. The summed E-state index contributed by atoms with van der Waals surface area (Å²) in [4.78, 5) is 4.40. The highest BCUT2D eigenvalue weighted by Gasteiger charge is 2.14. The highest BCUT2D eigenvalue weighted by molar-refractivity contribution is 7.99. The van der Waals surface area contributed by atoms with Crippen LogP contribution in [0, 0.1) is 0 Å². The lowest BCUT2D eigenvalue weighted by molar-refractivity contribution is 0.381. The average molecular weight is 277 g/mol. The standard InChI is InChI=1S/C14H19N3OS/c1-14(2,3)19-9-12-16-13(18-17-12)8-10-5-4-6-11(15)7-10/h4-7H,8-9,15H2,1-3H3. The van der Waals surface area contributed by atoms with E-state index in [1.807, 2.05) is 24.3 Å². The highest BCUT2D eigenvalue weighted by Crippen LogP contribution is 2.26. The summed E-state index contributed by atoms with van der Waals surface area (Å²) < 4.78 is 5.46. The fourth-order valence-corrected chi connectivity index (χ4v) is 2.26. The molecule has 0 bridgehead atoms. The van der Waals surface area contributed by atoms with Gasteiger partial charge in [0.25, 0.3) is 0 Å². The van der Waals surface area contributed by atoms with Crippen molar-refractivity contribution in [3.8, 4) is 0 Å². The van der Waals surface area contributed by atoms with Crippen LogP contribution in [0.5, 0.6) is 0 Å². The first-order valence-corrected chi connectivity index (χ1v) is 7.21. The lowest BCUT2D eigenvalue weighted by atomic mass is 10.1. The maximum atomic E-state index is 5.74. The van der Waals surface area contributed by atoms with Crippen molar-refractivity contribution in [3.05, 3.63) is 41.5 Å². The second-order valence-electron chi connectivity index (χ2n) is 5.43. The number of benzene rings is 1. The maximum Gasteiger partial charge on any atom is 0.231 e. The number of nitrogens with two attached hydrogens (primary N) is 1. The van der Waals surface area contributed by atoms with Crippen LogP contribution in [0.2, 0.25) is 0 Å². The molecule has 2 N–H and O–H groups in total. The van der Waals surface area contributed by atoms with Crippen LogP contribution in [0.25, 0.3) is 0 Å². The van der Waals surface area contributed by atoms with E-state index in [9.17, 15) is 0 Å². The Balaban J connectivity index is 1.97. The van der Waals surface area contributed by atoms with Gasteiger partial charge >= 0.3 is 0 Å². The van der Waals surface area contributed by atoms with Crippen molar-refractivity contribution in [1.82, 2.24) is 10.1 Å². The smallest absolute Gasteiger partial charge is 0.231 e. The summed E-state index contributed by atoms with van der Waals surface area (Å²) in [5, 5.41) is 4.00. The molecule has 2 rings (SSSR count). The number of nitrogens with zero attached hydrogens (tertiary/aromatic N) is 2. The second kappa shape index (κ2) is 5.65. The molecule has 1 aromatic heterocycles. The fraction of sp³-hybridized carbons (Fsp3) is 0.429. The van der Waals surface area contributed by atoms with Crippen molar-refractivity contribution in [2.45, 2.75) is 37.7 Å². The molecule has 0 aliphatic heterocycles. The lowest BCUT2D eigenvalue weighted by Crippen LogP contribution is -2.07. The molecule has 0 atom stereocenters. The molecular weight excluding hydrogens is 258 g/mol. The zero-order chi connectivity index (χ0) is 13.9. The zero-order valence-corrected chi connectivity index (χ0v) is 12.3. The maximum absolute atomic E-state index is 5.74. The molecule has 102 valence electrons. The van der Waals surface area contributed by atoms with Crippen LogP contribution < -0.4 is 5.73 Å². The van der Waals surface area contributed by atoms with Crippen molar-refractivity contribution in [1.29, 1.82) is 0 Å². The average Bonchev–Trinajstić information content (AvgIpc) is 2.73. The number of anilines is 1. The monoisotopic (exact) mass is 277 g/mol. The first-order chi connectivity index (χ1) is 8.92. The van der Waals surface area contributed by atoms with Gasteiger partial charge in [-0.3, -0.25) is 0 Å². The summed E-state index contributed by atoms with van der Waals surface area (Å²) >= 11 is 1.80. The van der Waals surface area contributed by atoms with Gasteiger partial charge in [-0.05, 0) is 17.7 Å². The topological polar surface area (TPSA) is 64.9 Å². The summed E-state index contributed by atoms with van der Waals surface area (Å²) in [6, 6.07) is 7.72. The van der Waals surface area contributed by atoms with Crippen molar-refractivity contribution in [3.63, 3.8) is 0 Å². The van der Waals surface area contributed by atoms with Crippen LogP contribution in [-0.4, -0.2) is 14.9 Å². The molecule has 0 saturated heterocycles. The van der Waals surface area contributed by atoms with E-state index in [1.54, 1.807) is 11.8 Å². The molecule has 0 saturated carbocycles.